The summed E-state index contributed by atoms with van der Waals surface area (Å²) in [5, 5.41) is 11.7. The summed E-state index contributed by atoms with van der Waals surface area (Å²) in [7, 11) is 0. The average molecular weight is 333 g/mol. The van der Waals surface area contributed by atoms with Crippen molar-refractivity contribution in [2.75, 3.05) is 0 Å². The summed E-state index contributed by atoms with van der Waals surface area (Å²) in [6, 6.07) is 10.7. The minimum Gasteiger partial charge on any atom is -0.491 e. The van der Waals surface area contributed by atoms with Crippen molar-refractivity contribution in [3.05, 3.63) is 51.7 Å². The van der Waals surface area contributed by atoms with E-state index in [9.17, 15) is 9.59 Å². The Bertz CT molecular complexity index is 693. The lowest BCUT2D eigenvalue weighted by atomic mass is 10.1. The first-order valence-corrected chi connectivity index (χ1v) is 8.10. The molecule has 6 heteroatoms. The Kier molecular flexibility index (Phi) is 5.76. The second-order valence-electron chi connectivity index (χ2n) is 5.30. The Morgan fingerprint density at radius 3 is 2.61 bits per heavy atom. The zero-order valence-corrected chi connectivity index (χ0v) is 13.9. The summed E-state index contributed by atoms with van der Waals surface area (Å²) in [6.07, 6.45) is 0.264. The maximum absolute atomic E-state index is 12.1. The highest BCUT2D eigenvalue weighted by Crippen LogP contribution is 2.20. The predicted octanol–water partition coefficient (Wildman–Crippen LogP) is 3.09. The topological polar surface area (TPSA) is 75.6 Å². The number of carbonyl (C=O) groups excluding carboxylic acids is 1. The molecule has 2 aromatic rings. The van der Waals surface area contributed by atoms with E-state index in [4.69, 9.17) is 9.84 Å². The monoisotopic (exact) mass is 333 g/mol. The van der Waals surface area contributed by atoms with Gasteiger partial charge in [0, 0.05) is 10.4 Å². The highest BCUT2D eigenvalue weighted by molar-refractivity contribution is 7.13. The van der Waals surface area contributed by atoms with Gasteiger partial charge in [0.15, 0.2) is 0 Å². The quantitative estimate of drug-likeness (QED) is 0.816. The summed E-state index contributed by atoms with van der Waals surface area (Å²) in [5.41, 5.74) is 0.830. The maximum Gasteiger partial charge on any atom is 0.345 e. The normalized spacial score (nSPS) is 10.6. The number of carboxylic acids is 1. The number of carboxylic acid groups (broad SMARTS) is 1. The van der Waals surface area contributed by atoms with Crippen LogP contribution in [0.5, 0.6) is 5.75 Å². The summed E-state index contributed by atoms with van der Waals surface area (Å²) in [5.74, 6) is -0.371. The first-order valence-electron chi connectivity index (χ1n) is 7.29. The van der Waals surface area contributed by atoms with Crippen molar-refractivity contribution in [3.8, 4) is 5.75 Å². The molecular weight excluding hydrogens is 314 g/mol. The molecular formula is C17H19NO4S. The molecule has 0 saturated heterocycles. The molecule has 0 aliphatic heterocycles. The number of amides is 1. The van der Waals surface area contributed by atoms with Crippen molar-refractivity contribution in [3.63, 3.8) is 0 Å². The third-order valence-electron chi connectivity index (χ3n) is 3.02. The molecule has 0 fully saturated rings. The van der Waals surface area contributed by atoms with Crippen LogP contribution in [0.2, 0.25) is 0 Å². The third-order valence-corrected chi connectivity index (χ3v) is 4.09. The SMILES string of the molecule is CC(C)Oc1ccccc1CC(=O)NCc1ccc(C(=O)O)s1. The van der Waals surface area contributed by atoms with Crippen LogP contribution in [0.25, 0.3) is 0 Å². The van der Waals surface area contributed by atoms with E-state index in [1.807, 2.05) is 38.1 Å². The average Bonchev–Trinajstić information content (AvgIpc) is 2.96. The van der Waals surface area contributed by atoms with E-state index in [1.54, 1.807) is 12.1 Å². The number of ether oxygens (including phenoxy) is 1. The second-order valence-corrected chi connectivity index (χ2v) is 6.47. The number of hydrogen-bond acceptors (Lipinski definition) is 4. The largest absolute Gasteiger partial charge is 0.491 e. The molecule has 0 radical (unpaired) electrons. The number of aromatic carboxylic acids is 1. The molecule has 0 atom stereocenters. The van der Waals surface area contributed by atoms with E-state index in [0.717, 1.165) is 21.8 Å². The van der Waals surface area contributed by atoms with Gasteiger partial charge >= 0.3 is 5.97 Å². The van der Waals surface area contributed by atoms with Crippen molar-refractivity contribution in [1.29, 1.82) is 0 Å². The van der Waals surface area contributed by atoms with Crippen LogP contribution < -0.4 is 10.1 Å². The second kappa shape index (κ2) is 7.78. The smallest absolute Gasteiger partial charge is 0.345 e. The van der Waals surface area contributed by atoms with Gasteiger partial charge in [-0.15, -0.1) is 11.3 Å². The number of rotatable bonds is 7. The molecule has 1 aromatic heterocycles. The molecule has 1 aromatic carbocycles. The van der Waals surface area contributed by atoms with Crippen LogP contribution in [0, 0.1) is 0 Å². The fraction of sp³-hybridized carbons (Fsp3) is 0.294. The van der Waals surface area contributed by atoms with Gasteiger partial charge in [-0.25, -0.2) is 4.79 Å². The Labute approximate surface area is 138 Å². The molecule has 0 unspecified atom stereocenters. The number of para-hydroxylation sites is 1. The van der Waals surface area contributed by atoms with Crippen molar-refractivity contribution >= 4 is 23.2 Å². The number of hydrogen-bond donors (Lipinski definition) is 2. The van der Waals surface area contributed by atoms with E-state index < -0.39 is 5.97 Å². The molecule has 0 aliphatic rings. The van der Waals surface area contributed by atoms with Crippen molar-refractivity contribution in [2.24, 2.45) is 0 Å². The van der Waals surface area contributed by atoms with Crippen LogP contribution in [0.15, 0.2) is 36.4 Å². The Morgan fingerprint density at radius 2 is 1.96 bits per heavy atom. The number of thiophene rings is 1. The summed E-state index contributed by atoms with van der Waals surface area (Å²) >= 11 is 1.16. The molecule has 2 N–H and O–H groups in total. The van der Waals surface area contributed by atoms with Gasteiger partial charge in [0.05, 0.1) is 19.1 Å². The molecule has 0 aliphatic carbocycles. The van der Waals surface area contributed by atoms with E-state index in [0.29, 0.717) is 12.3 Å². The predicted molar refractivity (Wildman–Crippen MR) is 89.0 cm³/mol. The Morgan fingerprint density at radius 1 is 1.22 bits per heavy atom. The zero-order valence-electron chi connectivity index (χ0n) is 13.0. The van der Waals surface area contributed by atoms with Crippen LogP contribution >= 0.6 is 11.3 Å². The first-order chi connectivity index (χ1) is 11.0. The summed E-state index contributed by atoms with van der Waals surface area (Å²) in [4.78, 5) is 24.0. The lowest BCUT2D eigenvalue weighted by Crippen LogP contribution is -2.24. The first kappa shape index (κ1) is 17.0. The van der Waals surface area contributed by atoms with E-state index in [2.05, 4.69) is 5.32 Å². The molecule has 122 valence electrons. The maximum atomic E-state index is 12.1. The number of carbonyl (C=O) groups is 2. The van der Waals surface area contributed by atoms with Gasteiger partial charge in [-0.05, 0) is 32.0 Å². The number of benzene rings is 1. The van der Waals surface area contributed by atoms with E-state index >= 15 is 0 Å². The third kappa shape index (κ3) is 5.10. The van der Waals surface area contributed by atoms with Gasteiger partial charge < -0.3 is 15.2 Å². The Balaban J connectivity index is 1.93. The fourth-order valence-electron chi connectivity index (χ4n) is 2.03. The molecule has 0 saturated carbocycles. The van der Waals surface area contributed by atoms with Gasteiger partial charge in [-0.3, -0.25) is 4.79 Å². The molecule has 1 heterocycles. The van der Waals surface area contributed by atoms with Crippen molar-refractivity contribution in [1.82, 2.24) is 5.32 Å². The van der Waals surface area contributed by atoms with Crippen molar-refractivity contribution < 1.29 is 19.4 Å². The van der Waals surface area contributed by atoms with E-state index in [1.165, 1.54) is 0 Å². The zero-order chi connectivity index (χ0) is 16.8. The molecule has 1 amide bonds. The lowest BCUT2D eigenvalue weighted by Gasteiger charge is -2.14. The minimum absolute atomic E-state index is 0.0415. The van der Waals surface area contributed by atoms with Crippen LogP contribution in [0.4, 0.5) is 0 Å². The number of nitrogens with one attached hydrogen (secondary N) is 1. The molecule has 5 nitrogen and oxygen atoms in total. The standard InChI is InChI=1S/C17H19NO4S/c1-11(2)22-14-6-4-3-5-12(14)9-16(19)18-10-13-7-8-15(23-13)17(20)21/h3-8,11H,9-10H2,1-2H3,(H,18,19)(H,20,21). The van der Waals surface area contributed by atoms with Crippen LogP contribution in [-0.2, 0) is 17.8 Å². The molecule has 2 rings (SSSR count). The van der Waals surface area contributed by atoms with Crippen molar-refractivity contribution in [2.45, 2.75) is 32.9 Å². The van der Waals surface area contributed by atoms with Gasteiger partial charge in [0.25, 0.3) is 0 Å². The van der Waals surface area contributed by atoms with Gasteiger partial charge in [0.1, 0.15) is 10.6 Å². The Hall–Kier alpha value is -2.34. The van der Waals surface area contributed by atoms with Crippen LogP contribution in [0.3, 0.4) is 0 Å². The van der Waals surface area contributed by atoms with Gasteiger partial charge in [-0.1, -0.05) is 18.2 Å². The van der Waals surface area contributed by atoms with Crippen LogP contribution in [0.1, 0.15) is 34.0 Å². The van der Waals surface area contributed by atoms with Gasteiger partial charge in [-0.2, -0.15) is 0 Å². The molecule has 23 heavy (non-hydrogen) atoms. The highest BCUT2D eigenvalue weighted by Gasteiger charge is 2.11. The van der Waals surface area contributed by atoms with Gasteiger partial charge in [0.2, 0.25) is 5.91 Å². The fourth-order valence-corrected chi connectivity index (χ4v) is 2.81. The lowest BCUT2D eigenvalue weighted by molar-refractivity contribution is -0.120. The summed E-state index contributed by atoms with van der Waals surface area (Å²) in [6.45, 7) is 4.20. The minimum atomic E-state index is -0.952. The summed E-state index contributed by atoms with van der Waals surface area (Å²) < 4.78 is 5.70. The highest BCUT2D eigenvalue weighted by atomic mass is 32.1. The van der Waals surface area contributed by atoms with E-state index in [-0.39, 0.29) is 23.3 Å². The van der Waals surface area contributed by atoms with Crippen LogP contribution in [-0.4, -0.2) is 23.1 Å². The molecule has 0 bridgehead atoms. The molecule has 0 spiro atoms.